The number of para-hydroxylation sites is 1. The largest absolute Gasteiger partial charge is 0.342 e. The van der Waals surface area contributed by atoms with Gasteiger partial charge >= 0.3 is 0 Å². The molecule has 4 heteroatoms. The molecule has 1 aromatic heterocycles. The van der Waals surface area contributed by atoms with Gasteiger partial charge in [-0.25, -0.2) is 4.98 Å². The number of piperidine rings is 1. The fourth-order valence-electron chi connectivity index (χ4n) is 5.25. The van der Waals surface area contributed by atoms with E-state index in [2.05, 4.69) is 56.3 Å². The van der Waals surface area contributed by atoms with Crippen molar-refractivity contribution in [2.75, 3.05) is 7.05 Å². The highest BCUT2D eigenvalue weighted by Crippen LogP contribution is 2.46. The van der Waals surface area contributed by atoms with Crippen molar-refractivity contribution >= 4 is 28.6 Å². The predicted molar refractivity (Wildman–Crippen MR) is 119 cm³/mol. The third kappa shape index (κ3) is 3.05. The van der Waals surface area contributed by atoms with Crippen LogP contribution < -0.4 is 0 Å². The van der Waals surface area contributed by atoms with Gasteiger partial charge in [0.05, 0.1) is 5.52 Å². The first kappa shape index (κ1) is 18.7. The number of nitrogens with zero attached hydrogens (tertiary/aromatic N) is 2. The molecule has 3 aromatic rings. The molecule has 5 rings (SSSR count). The van der Waals surface area contributed by atoms with Crippen molar-refractivity contribution in [3.05, 3.63) is 65.2 Å². The summed E-state index contributed by atoms with van der Waals surface area (Å²) in [6.07, 6.45) is 3.68. The van der Waals surface area contributed by atoms with Gasteiger partial charge in [-0.2, -0.15) is 0 Å². The second-order valence-electron chi connectivity index (χ2n) is 8.70. The average molecular weight is 403 g/mol. The molecule has 148 valence electrons. The van der Waals surface area contributed by atoms with Gasteiger partial charge in [0.1, 0.15) is 5.03 Å². The number of hydrogen-bond donors (Lipinski definition) is 0. The molecule has 0 bridgehead atoms. The van der Waals surface area contributed by atoms with Crippen molar-refractivity contribution in [2.24, 2.45) is 0 Å². The van der Waals surface area contributed by atoms with Crippen molar-refractivity contribution in [2.45, 2.75) is 60.9 Å². The third-order valence-electron chi connectivity index (χ3n) is 6.92. The van der Waals surface area contributed by atoms with Crippen molar-refractivity contribution in [3.8, 4) is 0 Å². The average Bonchev–Trinajstić information content (AvgIpc) is 2.71. The van der Waals surface area contributed by atoms with Crippen LogP contribution in [0.3, 0.4) is 0 Å². The van der Waals surface area contributed by atoms with E-state index >= 15 is 0 Å². The Balaban J connectivity index is 1.48. The Bertz CT molecular complexity index is 1130. The molecule has 0 saturated carbocycles. The van der Waals surface area contributed by atoms with Crippen molar-refractivity contribution in [1.29, 1.82) is 0 Å². The van der Waals surface area contributed by atoms with E-state index in [4.69, 9.17) is 4.98 Å². The number of rotatable bonds is 2. The van der Waals surface area contributed by atoms with E-state index in [0.29, 0.717) is 18.4 Å². The maximum absolute atomic E-state index is 12.2. The van der Waals surface area contributed by atoms with Gasteiger partial charge in [-0.1, -0.05) is 43.0 Å². The smallest absolute Gasteiger partial charge is 0.222 e. The zero-order valence-corrected chi connectivity index (χ0v) is 18.1. The molecule has 2 atom stereocenters. The van der Waals surface area contributed by atoms with Crippen LogP contribution in [0.4, 0.5) is 0 Å². The summed E-state index contributed by atoms with van der Waals surface area (Å²) < 4.78 is 0. The summed E-state index contributed by atoms with van der Waals surface area (Å²) in [5.74, 6) is 0.293. The van der Waals surface area contributed by atoms with Crippen LogP contribution in [0.2, 0.25) is 0 Å². The number of likely N-dealkylation sites (N-methyl/N-ethyl adjacent to an activating group) is 1. The first-order valence-corrected chi connectivity index (χ1v) is 11.2. The van der Waals surface area contributed by atoms with Crippen molar-refractivity contribution in [3.63, 3.8) is 0 Å². The second-order valence-corrected chi connectivity index (χ2v) is 9.76. The highest BCUT2D eigenvalue weighted by molar-refractivity contribution is 7.99. The van der Waals surface area contributed by atoms with Crippen molar-refractivity contribution < 1.29 is 4.79 Å². The van der Waals surface area contributed by atoms with Crippen LogP contribution in [-0.2, 0) is 16.6 Å². The highest BCUT2D eigenvalue weighted by atomic mass is 32.2. The van der Waals surface area contributed by atoms with Crippen LogP contribution in [0.15, 0.2) is 58.5 Å². The minimum absolute atomic E-state index is 0.0660. The van der Waals surface area contributed by atoms with Crippen LogP contribution >= 0.6 is 11.8 Å². The number of pyridine rings is 1. The van der Waals surface area contributed by atoms with Gasteiger partial charge in [-0.15, -0.1) is 0 Å². The summed E-state index contributed by atoms with van der Waals surface area (Å²) in [6.45, 7) is 4.49. The Morgan fingerprint density at radius 2 is 1.97 bits per heavy atom. The minimum Gasteiger partial charge on any atom is -0.342 e. The molecule has 0 N–H and O–H groups in total. The molecule has 2 aromatic carbocycles. The van der Waals surface area contributed by atoms with Gasteiger partial charge in [0.2, 0.25) is 5.91 Å². The number of aryl methyl sites for hydroxylation is 2. The van der Waals surface area contributed by atoms with Crippen LogP contribution in [0.25, 0.3) is 10.9 Å². The SMILES string of the molecule is Cc1cc2ccccc2nc1Sc1ccc2c(c1)CCC1N(C)C(=O)CC[C@]21C. The third-order valence-corrected chi connectivity index (χ3v) is 8.01. The molecule has 2 aliphatic rings. The summed E-state index contributed by atoms with van der Waals surface area (Å²) in [5, 5.41) is 2.27. The van der Waals surface area contributed by atoms with E-state index in [1.165, 1.54) is 27.0 Å². The summed E-state index contributed by atoms with van der Waals surface area (Å²) in [6, 6.07) is 17.7. The number of aromatic nitrogens is 1. The fraction of sp³-hybridized carbons (Fsp3) is 0.360. The number of likely N-dealkylation sites (tertiary alicyclic amines) is 1. The molecule has 1 unspecified atom stereocenters. The lowest BCUT2D eigenvalue weighted by Gasteiger charge is -2.50. The van der Waals surface area contributed by atoms with Crippen LogP contribution in [-0.4, -0.2) is 28.9 Å². The Labute approximate surface area is 176 Å². The summed E-state index contributed by atoms with van der Waals surface area (Å²) in [7, 11) is 1.98. The van der Waals surface area contributed by atoms with E-state index in [1.54, 1.807) is 11.8 Å². The Morgan fingerprint density at radius 3 is 2.83 bits per heavy atom. The first-order chi connectivity index (χ1) is 14.0. The van der Waals surface area contributed by atoms with E-state index in [-0.39, 0.29) is 5.41 Å². The molecular formula is C25H26N2OS. The molecule has 29 heavy (non-hydrogen) atoms. The Hall–Kier alpha value is -2.33. The summed E-state index contributed by atoms with van der Waals surface area (Å²) >= 11 is 1.76. The van der Waals surface area contributed by atoms with Gasteiger partial charge in [-0.3, -0.25) is 4.79 Å². The maximum atomic E-state index is 12.2. The first-order valence-electron chi connectivity index (χ1n) is 10.4. The number of fused-ring (bicyclic) bond motifs is 4. The molecule has 3 nitrogen and oxygen atoms in total. The Morgan fingerprint density at radius 1 is 1.14 bits per heavy atom. The number of hydrogen-bond acceptors (Lipinski definition) is 3. The number of benzene rings is 2. The zero-order valence-electron chi connectivity index (χ0n) is 17.2. The molecule has 2 heterocycles. The van der Waals surface area contributed by atoms with Crippen LogP contribution in [0.5, 0.6) is 0 Å². The van der Waals surface area contributed by atoms with Gasteiger partial charge in [0.25, 0.3) is 0 Å². The molecule has 0 spiro atoms. The summed E-state index contributed by atoms with van der Waals surface area (Å²) in [5.41, 5.74) is 5.20. The topological polar surface area (TPSA) is 33.2 Å². The van der Waals surface area contributed by atoms with Crippen molar-refractivity contribution in [1.82, 2.24) is 9.88 Å². The predicted octanol–water partition coefficient (Wildman–Crippen LogP) is 5.52. The van der Waals surface area contributed by atoms with E-state index in [9.17, 15) is 4.79 Å². The molecular weight excluding hydrogens is 376 g/mol. The summed E-state index contributed by atoms with van der Waals surface area (Å²) in [4.78, 5) is 20.3. The minimum atomic E-state index is 0.0660. The van der Waals surface area contributed by atoms with Gasteiger partial charge in [0.15, 0.2) is 0 Å². The van der Waals surface area contributed by atoms with Crippen LogP contribution in [0.1, 0.15) is 42.9 Å². The maximum Gasteiger partial charge on any atom is 0.222 e. The normalized spacial score (nSPS) is 23.8. The standard InChI is InChI=1S/C25H26N2OS/c1-16-14-18-6-4-5-7-21(18)26-24(16)29-19-9-10-20-17(15-19)8-11-22-25(20,2)13-12-23(28)27(22)3/h4-7,9-10,14-15,22H,8,11-13H2,1-3H3/t22?,25-/m1/s1. The monoisotopic (exact) mass is 402 g/mol. The zero-order chi connectivity index (χ0) is 20.2. The van der Waals surface area contributed by atoms with E-state index < -0.39 is 0 Å². The van der Waals surface area contributed by atoms with Gasteiger partial charge < -0.3 is 4.90 Å². The number of carbonyl (C=O) groups is 1. The second kappa shape index (κ2) is 6.88. The lowest BCUT2D eigenvalue weighted by atomic mass is 9.63. The molecule has 1 amide bonds. The van der Waals surface area contributed by atoms with Crippen LogP contribution in [0, 0.1) is 6.92 Å². The van der Waals surface area contributed by atoms with Gasteiger partial charge in [-0.05, 0) is 67.1 Å². The number of carbonyl (C=O) groups excluding carboxylic acids is 1. The quantitative estimate of drug-likeness (QED) is 0.566. The van der Waals surface area contributed by atoms with Gasteiger partial charge in [0, 0.05) is 35.2 Å². The lowest BCUT2D eigenvalue weighted by molar-refractivity contribution is -0.138. The van der Waals surface area contributed by atoms with E-state index in [0.717, 1.165) is 29.8 Å². The molecule has 1 saturated heterocycles. The molecule has 1 aliphatic carbocycles. The molecule has 1 aliphatic heterocycles. The molecule has 1 fully saturated rings. The van der Waals surface area contributed by atoms with E-state index in [1.807, 2.05) is 18.0 Å². The Kier molecular flexibility index (Phi) is 4.43. The lowest BCUT2D eigenvalue weighted by Crippen LogP contribution is -2.56. The number of amides is 1. The fourth-order valence-corrected chi connectivity index (χ4v) is 6.17. The molecule has 0 radical (unpaired) electrons. The highest BCUT2D eigenvalue weighted by Gasteiger charge is 2.46.